The lowest BCUT2D eigenvalue weighted by Gasteiger charge is -2.51. The van der Waals surface area contributed by atoms with Crippen LogP contribution >= 0.6 is 11.3 Å². The van der Waals surface area contributed by atoms with E-state index in [1.807, 2.05) is 88.0 Å². The first kappa shape index (κ1) is 59.3. The topological polar surface area (TPSA) is 222 Å². The second-order valence-corrected chi connectivity index (χ2v) is 26.3. The molecule has 2 unspecified atom stereocenters. The number of ether oxygens (including phenoxy) is 3. The van der Waals surface area contributed by atoms with Crippen LogP contribution in [0.3, 0.4) is 0 Å². The molecule has 1 spiro atoms. The van der Waals surface area contributed by atoms with Crippen molar-refractivity contribution in [3.63, 3.8) is 0 Å². The first-order chi connectivity index (χ1) is 41.6. The number of benzene rings is 3. The number of phenolic OH excluding ortho intramolecular Hbond substituents is 1. The smallest absolute Gasteiger partial charge is 0.410 e. The van der Waals surface area contributed by atoms with Gasteiger partial charge in [0.1, 0.15) is 58.9 Å². The number of aromatic hydroxyl groups is 1. The fraction of sp³-hybridized carbons (Fsp3) is 0.477. The molecule has 19 nitrogen and oxygen atoms in total. The maximum Gasteiger partial charge on any atom is 0.410 e. The van der Waals surface area contributed by atoms with E-state index in [1.54, 1.807) is 17.4 Å². The highest BCUT2D eigenvalue weighted by molar-refractivity contribution is 7.13. The maximum absolute atomic E-state index is 17.4. The number of pyridine rings is 1. The number of aliphatic hydroxyl groups is 1. The van der Waals surface area contributed by atoms with Gasteiger partial charge >= 0.3 is 12.1 Å². The first-order valence-corrected chi connectivity index (χ1v) is 30.8. The Morgan fingerprint density at radius 3 is 2.39 bits per heavy atom. The van der Waals surface area contributed by atoms with Gasteiger partial charge in [-0.15, -0.1) is 17.8 Å². The molecule has 22 heteroatoms. The number of piperidine rings is 1. The molecular formula is C65H72F2N10O9S. The van der Waals surface area contributed by atoms with Gasteiger partial charge in [0.2, 0.25) is 11.8 Å². The minimum absolute atomic E-state index is 0.0193. The zero-order valence-corrected chi connectivity index (χ0v) is 50.7. The highest BCUT2D eigenvalue weighted by Gasteiger charge is 2.49. The van der Waals surface area contributed by atoms with Gasteiger partial charge in [-0.1, -0.05) is 50.1 Å². The lowest BCUT2D eigenvalue weighted by atomic mass is 9.61. The monoisotopic (exact) mass is 1210 g/mol. The molecule has 1 aliphatic carbocycles. The quantitative estimate of drug-likeness (QED) is 0.0813. The van der Waals surface area contributed by atoms with Crippen LogP contribution < -0.4 is 19.7 Å². The van der Waals surface area contributed by atoms with E-state index in [4.69, 9.17) is 30.1 Å². The number of rotatable bonds is 15. The Hall–Kier alpha value is -8.00. The van der Waals surface area contributed by atoms with Crippen molar-refractivity contribution < 1.29 is 52.1 Å². The molecule has 1 saturated carbocycles. The number of terminal acetylenes is 1. The molecule has 0 radical (unpaired) electrons. The number of amides is 3. The van der Waals surface area contributed by atoms with Crippen LogP contribution in [0.15, 0.2) is 70.8 Å². The number of aliphatic hydroxyl groups excluding tert-OH is 1. The number of carbonyl (C=O) groups is 3. The molecule has 5 aliphatic rings. The van der Waals surface area contributed by atoms with Crippen LogP contribution in [0, 0.1) is 42.2 Å². The number of piperazine rings is 1. The van der Waals surface area contributed by atoms with Crippen LogP contribution in [0.2, 0.25) is 0 Å². The van der Waals surface area contributed by atoms with Crippen molar-refractivity contribution in [2.45, 2.75) is 141 Å². The summed E-state index contributed by atoms with van der Waals surface area (Å²) < 4.78 is 56.8. The normalized spacial score (nSPS) is 21.1. The third kappa shape index (κ3) is 11.8. The van der Waals surface area contributed by atoms with Crippen molar-refractivity contribution in [3.8, 4) is 51.7 Å². The second kappa shape index (κ2) is 23.6. The van der Waals surface area contributed by atoms with Crippen LogP contribution in [-0.4, -0.2) is 150 Å². The van der Waals surface area contributed by atoms with Crippen LogP contribution in [-0.2, 0) is 14.3 Å². The SMILES string of the molecule is C#Cc1c(F)ccc2cc(O)cc(-c3ncc4c(N5CC6CCC(C5)N6C(=O)OC(C)(C)C)nc(OCCN5CCC6(CC5)CC(Oc5cc([C@@H](C(=O)N7C[C@H](O)C[C@H]7C(=O)N[C@@H](C)c7ccc(-c8scnc8C)cc7)C(C)C)on5)C6)nc4c3F)c12. The molecule has 3 amide bonds. The second-order valence-electron chi connectivity index (χ2n) is 25.5. The summed E-state index contributed by atoms with van der Waals surface area (Å²) in [5.41, 5.74) is 3.88. The highest BCUT2D eigenvalue weighted by atomic mass is 32.1. The third-order valence-corrected chi connectivity index (χ3v) is 19.0. The van der Waals surface area contributed by atoms with E-state index in [0.29, 0.717) is 47.9 Å². The molecule has 2 bridgehead atoms. The molecule has 4 aromatic heterocycles. The molecule has 3 aromatic carbocycles. The fourth-order valence-corrected chi connectivity index (χ4v) is 14.4. The van der Waals surface area contributed by atoms with Gasteiger partial charge < -0.3 is 44.1 Å². The van der Waals surface area contributed by atoms with Crippen molar-refractivity contribution >= 4 is 56.7 Å². The van der Waals surface area contributed by atoms with E-state index in [2.05, 4.69) is 36.2 Å². The van der Waals surface area contributed by atoms with E-state index >= 15 is 8.78 Å². The Morgan fingerprint density at radius 2 is 1.71 bits per heavy atom. The van der Waals surface area contributed by atoms with Gasteiger partial charge in [-0.05, 0) is 137 Å². The summed E-state index contributed by atoms with van der Waals surface area (Å²) in [6.07, 6.45) is 11.1. The Bertz CT molecular complexity index is 3800. The number of hydrogen-bond donors (Lipinski definition) is 3. The third-order valence-electron chi connectivity index (χ3n) is 18.0. The number of β-amino-alcohol motifs (C(OH)–C–C–N with tert-alkyl or cyclic N) is 1. The van der Waals surface area contributed by atoms with Crippen molar-refractivity contribution in [1.82, 2.24) is 45.1 Å². The molecule has 3 N–H and O–H groups in total. The lowest BCUT2D eigenvalue weighted by Crippen LogP contribution is -2.57. The van der Waals surface area contributed by atoms with Crippen LogP contribution in [0.1, 0.15) is 121 Å². The van der Waals surface area contributed by atoms with E-state index in [-0.39, 0.29) is 113 Å². The summed E-state index contributed by atoms with van der Waals surface area (Å²) in [7, 11) is 0. The van der Waals surface area contributed by atoms with Gasteiger partial charge in [0.25, 0.3) is 5.88 Å². The number of hydrogen-bond acceptors (Lipinski definition) is 17. The Morgan fingerprint density at radius 1 is 0.977 bits per heavy atom. The molecule has 12 rings (SSSR count). The number of likely N-dealkylation sites (tertiary alicyclic amines) is 2. The summed E-state index contributed by atoms with van der Waals surface area (Å²) in [5.74, 6) is 0.0628. The van der Waals surface area contributed by atoms with Gasteiger partial charge in [0.15, 0.2) is 11.6 Å². The van der Waals surface area contributed by atoms with Crippen LogP contribution in [0.4, 0.5) is 19.4 Å². The molecule has 6 atom stereocenters. The highest BCUT2D eigenvalue weighted by Crippen LogP contribution is 2.51. The van der Waals surface area contributed by atoms with Crippen molar-refractivity contribution in [1.29, 1.82) is 0 Å². The van der Waals surface area contributed by atoms with Crippen LogP contribution in [0.5, 0.6) is 17.6 Å². The number of carbonyl (C=O) groups excluding carboxylic acids is 3. The van der Waals surface area contributed by atoms with Gasteiger partial charge in [-0.3, -0.25) is 24.4 Å². The van der Waals surface area contributed by atoms with E-state index in [0.717, 1.165) is 73.3 Å². The molecular weight excluding hydrogens is 1130 g/mol. The van der Waals surface area contributed by atoms with E-state index in [9.17, 15) is 24.6 Å². The molecule has 4 saturated heterocycles. The lowest BCUT2D eigenvalue weighted by molar-refractivity contribution is -0.141. The molecule has 87 heavy (non-hydrogen) atoms. The van der Waals surface area contributed by atoms with Crippen molar-refractivity contribution in [2.24, 2.45) is 11.3 Å². The number of aryl methyl sites for hydroxylation is 1. The van der Waals surface area contributed by atoms with Gasteiger partial charge in [0, 0.05) is 55.8 Å². The number of halogens is 2. The minimum atomic E-state index is -0.868. The van der Waals surface area contributed by atoms with Crippen molar-refractivity contribution in [2.75, 3.05) is 50.8 Å². The average Bonchev–Trinajstić information content (AvgIpc) is 1.31. The largest absolute Gasteiger partial charge is 0.508 e. The number of nitrogens with one attached hydrogen (secondary N) is 1. The number of phenols is 1. The molecule has 5 fully saturated rings. The maximum atomic E-state index is 17.4. The summed E-state index contributed by atoms with van der Waals surface area (Å²) in [6.45, 7) is 16.4. The Kier molecular flexibility index (Phi) is 16.1. The fourth-order valence-electron chi connectivity index (χ4n) is 13.6. The first-order valence-electron chi connectivity index (χ1n) is 30.0. The standard InChI is InChI=1S/C65H72F2N10O9S/c1-9-46-49(66)17-14-40-24-43(78)25-47(54(40)46)56-55(67)57-48(30-68-56)59(75-31-41-15-16-42(32-75)77(41)63(82)85-64(6,7)8)72-62(71-57)83-23-22-74-20-18-65(19-21-74)28-45(29-65)84-52-27-51(86-73-52)53(35(2)3)61(81)76-33-44(79)26-50(76)60(80)70-36(4)38-10-12-39(13-11-38)58-37(5)69-34-87-58/h1,10-14,17,24-25,27,30,34-36,41-42,44-45,50,53,78-79H,15-16,18-23,26,28-29,31-33H2,2-8H3,(H,70,80)/t36-,41?,42?,44+,50-,53-/m0/s1. The summed E-state index contributed by atoms with van der Waals surface area (Å²) in [6, 6.07) is 13.4. The number of nitrogens with zero attached hydrogens (tertiary/aromatic N) is 9. The van der Waals surface area contributed by atoms with Crippen molar-refractivity contribution in [3.05, 3.63) is 101 Å². The van der Waals surface area contributed by atoms with Gasteiger partial charge in [0.05, 0.1) is 51.3 Å². The summed E-state index contributed by atoms with van der Waals surface area (Å²) in [5, 5.41) is 29.9. The van der Waals surface area contributed by atoms with Crippen LogP contribution in [0.25, 0.3) is 43.4 Å². The predicted octanol–water partition coefficient (Wildman–Crippen LogP) is 10.1. The van der Waals surface area contributed by atoms with Gasteiger partial charge in [-0.2, -0.15) is 9.97 Å². The summed E-state index contributed by atoms with van der Waals surface area (Å²) >= 11 is 1.58. The zero-order valence-electron chi connectivity index (χ0n) is 49.9. The number of fused-ring (bicyclic) bond motifs is 4. The zero-order chi connectivity index (χ0) is 61.2. The van der Waals surface area contributed by atoms with Gasteiger partial charge in [-0.25, -0.2) is 18.6 Å². The number of anilines is 1. The number of thiazole rings is 1. The minimum Gasteiger partial charge on any atom is -0.508 e. The predicted molar refractivity (Wildman–Crippen MR) is 323 cm³/mol. The average molecular weight is 1210 g/mol. The summed E-state index contributed by atoms with van der Waals surface area (Å²) in [4.78, 5) is 68.9. The molecule has 8 heterocycles. The number of aromatic nitrogens is 5. The molecule has 7 aromatic rings. The molecule has 4 aliphatic heterocycles. The van der Waals surface area contributed by atoms with E-state index in [1.165, 1.54) is 35.4 Å². The molecule has 456 valence electrons. The van der Waals surface area contributed by atoms with E-state index < -0.39 is 35.3 Å². The Balaban J connectivity index is 0.678. The Labute approximate surface area is 507 Å².